The first-order valence-electron chi connectivity index (χ1n) is 10.3. The summed E-state index contributed by atoms with van der Waals surface area (Å²) in [6.45, 7) is 2.86. The number of anilines is 1. The van der Waals surface area contributed by atoms with Gasteiger partial charge in [0.25, 0.3) is 0 Å². The molecule has 2 amide bonds. The van der Waals surface area contributed by atoms with Gasteiger partial charge in [0.1, 0.15) is 23.4 Å². The first kappa shape index (κ1) is 23.8. The lowest BCUT2D eigenvalue weighted by Crippen LogP contribution is -2.55. The van der Waals surface area contributed by atoms with Crippen molar-refractivity contribution in [1.29, 1.82) is 0 Å². The van der Waals surface area contributed by atoms with Crippen molar-refractivity contribution < 1.29 is 26.8 Å². The van der Waals surface area contributed by atoms with Crippen molar-refractivity contribution in [1.82, 2.24) is 9.21 Å². The van der Waals surface area contributed by atoms with E-state index in [2.05, 4.69) is 5.32 Å². The normalized spacial score (nSPS) is 16.3. The fourth-order valence-electron chi connectivity index (χ4n) is 3.69. The van der Waals surface area contributed by atoms with Crippen LogP contribution in [0.3, 0.4) is 0 Å². The number of hydrogen-bond donors (Lipinski definition) is 1. The second kappa shape index (κ2) is 9.74. The summed E-state index contributed by atoms with van der Waals surface area (Å²) in [7, 11) is -3.70. The molecule has 172 valence electrons. The lowest BCUT2D eigenvalue weighted by molar-refractivity contribution is -0.138. The quantitative estimate of drug-likeness (QED) is 0.681. The molecule has 1 aliphatic rings. The third kappa shape index (κ3) is 4.97. The lowest BCUT2D eigenvalue weighted by Gasteiger charge is -2.37. The molecule has 2 aromatic rings. The zero-order chi connectivity index (χ0) is 23.5. The molecule has 10 heteroatoms. The SMILES string of the molecule is CCN(CC(=O)Nc1c(F)cccc1F)C(=O)[C@@H]1Cc2ccccc2CN1S(=O)(=O)CC. The Labute approximate surface area is 186 Å². The molecule has 3 rings (SSSR count). The van der Waals surface area contributed by atoms with Gasteiger partial charge < -0.3 is 10.2 Å². The highest BCUT2D eigenvalue weighted by molar-refractivity contribution is 7.89. The average molecular weight is 466 g/mol. The second-order valence-corrected chi connectivity index (χ2v) is 9.64. The zero-order valence-electron chi connectivity index (χ0n) is 17.8. The molecule has 32 heavy (non-hydrogen) atoms. The maximum atomic E-state index is 13.8. The summed E-state index contributed by atoms with van der Waals surface area (Å²) in [5, 5.41) is 2.15. The van der Waals surface area contributed by atoms with Crippen LogP contribution in [0.1, 0.15) is 25.0 Å². The molecule has 1 atom stereocenters. The number of rotatable bonds is 7. The van der Waals surface area contributed by atoms with E-state index < -0.39 is 51.7 Å². The predicted octanol–water partition coefficient (Wildman–Crippen LogP) is 2.53. The van der Waals surface area contributed by atoms with Crippen molar-refractivity contribution in [2.75, 3.05) is 24.2 Å². The number of nitrogens with zero attached hydrogens (tertiary/aromatic N) is 2. The molecule has 0 saturated heterocycles. The van der Waals surface area contributed by atoms with Crippen LogP contribution in [0, 0.1) is 11.6 Å². The van der Waals surface area contributed by atoms with E-state index in [0.717, 1.165) is 23.3 Å². The van der Waals surface area contributed by atoms with Gasteiger partial charge in [0.05, 0.1) is 12.3 Å². The number of carbonyl (C=O) groups is 2. The van der Waals surface area contributed by atoms with Crippen LogP contribution >= 0.6 is 0 Å². The zero-order valence-corrected chi connectivity index (χ0v) is 18.7. The Kier molecular flexibility index (Phi) is 7.25. The van der Waals surface area contributed by atoms with E-state index in [1.54, 1.807) is 6.92 Å². The Bertz CT molecular complexity index is 1100. The molecule has 0 saturated carbocycles. The Morgan fingerprint density at radius 3 is 2.28 bits per heavy atom. The van der Waals surface area contributed by atoms with Crippen molar-refractivity contribution in [2.24, 2.45) is 0 Å². The monoisotopic (exact) mass is 465 g/mol. The Balaban J connectivity index is 1.83. The standard InChI is InChI=1S/C22H25F2N3O4S/c1-3-26(14-20(28)25-21-17(23)10-7-11-18(21)24)22(29)19-12-15-8-5-6-9-16(15)13-27(19)32(30,31)4-2/h5-11,19H,3-4,12-14H2,1-2H3,(H,25,28)/t19-/m0/s1. The number of sulfonamides is 1. The van der Waals surface area contributed by atoms with Crippen molar-refractivity contribution in [3.8, 4) is 0 Å². The Morgan fingerprint density at radius 2 is 1.69 bits per heavy atom. The van der Waals surface area contributed by atoms with Crippen LogP contribution in [0.4, 0.5) is 14.5 Å². The van der Waals surface area contributed by atoms with Gasteiger partial charge in [0.15, 0.2) is 0 Å². The molecular formula is C22H25F2N3O4S. The first-order valence-corrected chi connectivity index (χ1v) is 11.9. The van der Waals surface area contributed by atoms with Crippen molar-refractivity contribution in [3.05, 3.63) is 65.2 Å². The van der Waals surface area contributed by atoms with Crippen LogP contribution in [0.5, 0.6) is 0 Å². The van der Waals surface area contributed by atoms with Gasteiger partial charge in [0, 0.05) is 13.1 Å². The number of para-hydroxylation sites is 1. The van der Waals surface area contributed by atoms with Crippen LogP contribution in [-0.2, 0) is 32.6 Å². The van der Waals surface area contributed by atoms with E-state index >= 15 is 0 Å². The molecule has 0 aromatic heterocycles. The van der Waals surface area contributed by atoms with Crippen LogP contribution in [0.15, 0.2) is 42.5 Å². The van der Waals surface area contributed by atoms with Crippen molar-refractivity contribution in [3.63, 3.8) is 0 Å². The molecule has 2 aromatic carbocycles. The highest BCUT2D eigenvalue weighted by atomic mass is 32.2. The summed E-state index contributed by atoms with van der Waals surface area (Å²) in [5.41, 5.74) is 1.09. The van der Waals surface area contributed by atoms with Crippen LogP contribution in [0.25, 0.3) is 0 Å². The Hall–Kier alpha value is -2.85. The number of amides is 2. The largest absolute Gasteiger partial charge is 0.332 e. The third-order valence-electron chi connectivity index (χ3n) is 5.47. The van der Waals surface area contributed by atoms with Crippen LogP contribution in [-0.4, -0.2) is 54.3 Å². The summed E-state index contributed by atoms with van der Waals surface area (Å²) in [4.78, 5) is 26.9. The van der Waals surface area contributed by atoms with E-state index in [1.807, 2.05) is 24.3 Å². The smallest absolute Gasteiger partial charge is 0.244 e. The van der Waals surface area contributed by atoms with Crippen molar-refractivity contribution >= 4 is 27.5 Å². The molecule has 0 aliphatic carbocycles. The van der Waals surface area contributed by atoms with Gasteiger partial charge in [-0.1, -0.05) is 30.3 Å². The summed E-state index contributed by atoms with van der Waals surface area (Å²) < 4.78 is 54.3. The summed E-state index contributed by atoms with van der Waals surface area (Å²) in [6, 6.07) is 9.47. The van der Waals surface area contributed by atoms with E-state index in [0.29, 0.717) is 0 Å². The van der Waals surface area contributed by atoms with Gasteiger partial charge in [0.2, 0.25) is 21.8 Å². The van der Waals surface area contributed by atoms with Gasteiger partial charge in [-0.25, -0.2) is 17.2 Å². The highest BCUT2D eigenvalue weighted by Crippen LogP contribution is 2.27. The molecule has 0 bridgehead atoms. The number of halogens is 2. The molecule has 1 N–H and O–H groups in total. The summed E-state index contributed by atoms with van der Waals surface area (Å²) in [5.74, 6) is -3.36. The van der Waals surface area contributed by atoms with E-state index in [-0.39, 0.29) is 25.3 Å². The van der Waals surface area contributed by atoms with E-state index in [4.69, 9.17) is 0 Å². The average Bonchev–Trinajstić information content (AvgIpc) is 2.78. The number of hydrogen-bond acceptors (Lipinski definition) is 4. The van der Waals surface area contributed by atoms with E-state index in [1.165, 1.54) is 22.2 Å². The third-order valence-corrected chi connectivity index (χ3v) is 7.30. The lowest BCUT2D eigenvalue weighted by atomic mass is 9.95. The molecule has 0 unspecified atom stereocenters. The van der Waals surface area contributed by atoms with Crippen molar-refractivity contribution in [2.45, 2.75) is 32.9 Å². The molecular weight excluding hydrogens is 440 g/mol. The van der Waals surface area contributed by atoms with Gasteiger partial charge >= 0.3 is 0 Å². The fourth-order valence-corrected chi connectivity index (χ4v) is 4.91. The number of fused-ring (bicyclic) bond motifs is 1. The van der Waals surface area contributed by atoms with Gasteiger partial charge in [-0.15, -0.1) is 0 Å². The summed E-state index contributed by atoms with van der Waals surface area (Å²) >= 11 is 0. The minimum atomic E-state index is -3.70. The Morgan fingerprint density at radius 1 is 1.06 bits per heavy atom. The van der Waals surface area contributed by atoms with Crippen LogP contribution in [0.2, 0.25) is 0 Å². The van der Waals surface area contributed by atoms with Gasteiger partial charge in [-0.2, -0.15) is 4.31 Å². The van der Waals surface area contributed by atoms with Crippen LogP contribution < -0.4 is 5.32 Å². The molecule has 7 nitrogen and oxygen atoms in total. The number of likely N-dealkylation sites (N-methyl/N-ethyl adjacent to an activating group) is 1. The second-order valence-electron chi connectivity index (χ2n) is 7.43. The minimum absolute atomic E-state index is 0.0624. The number of benzene rings is 2. The fraction of sp³-hybridized carbons (Fsp3) is 0.364. The molecule has 0 fully saturated rings. The first-order chi connectivity index (χ1) is 15.2. The number of carbonyl (C=O) groups excluding carboxylic acids is 2. The van der Waals surface area contributed by atoms with Gasteiger partial charge in [-0.05, 0) is 43.5 Å². The number of nitrogens with one attached hydrogen (secondary N) is 1. The maximum absolute atomic E-state index is 13.8. The van der Waals surface area contributed by atoms with E-state index in [9.17, 15) is 26.8 Å². The summed E-state index contributed by atoms with van der Waals surface area (Å²) in [6.07, 6.45) is 0.175. The molecule has 1 heterocycles. The predicted molar refractivity (Wildman–Crippen MR) is 116 cm³/mol. The molecule has 0 spiro atoms. The topological polar surface area (TPSA) is 86.8 Å². The molecule has 0 radical (unpaired) electrons. The van der Waals surface area contributed by atoms with Gasteiger partial charge in [-0.3, -0.25) is 9.59 Å². The minimum Gasteiger partial charge on any atom is -0.332 e. The highest BCUT2D eigenvalue weighted by Gasteiger charge is 2.39. The molecule has 1 aliphatic heterocycles. The maximum Gasteiger partial charge on any atom is 0.244 e.